The fourth-order valence-electron chi connectivity index (χ4n) is 4.24. The first-order chi connectivity index (χ1) is 15.0. The quantitative estimate of drug-likeness (QED) is 0.642. The summed E-state index contributed by atoms with van der Waals surface area (Å²) in [6, 6.07) is 12.5. The van der Waals surface area contributed by atoms with Gasteiger partial charge in [0.25, 0.3) is 11.5 Å². The Kier molecular flexibility index (Phi) is 6.04. The van der Waals surface area contributed by atoms with Crippen LogP contribution >= 0.6 is 0 Å². The predicted octanol–water partition coefficient (Wildman–Crippen LogP) is 2.56. The van der Waals surface area contributed by atoms with E-state index in [-0.39, 0.29) is 11.5 Å². The van der Waals surface area contributed by atoms with Crippen LogP contribution in [-0.2, 0) is 13.0 Å². The highest BCUT2D eigenvalue weighted by atomic mass is 16.1. The number of aryl methyl sites for hydroxylation is 1. The monoisotopic (exact) mass is 419 g/mol. The van der Waals surface area contributed by atoms with Crippen LogP contribution < -0.4 is 15.8 Å². The van der Waals surface area contributed by atoms with Crippen LogP contribution in [0.1, 0.15) is 35.0 Å². The van der Waals surface area contributed by atoms with Crippen LogP contribution in [0.25, 0.3) is 10.9 Å². The van der Waals surface area contributed by atoms with Gasteiger partial charge in [-0.2, -0.15) is 0 Å². The van der Waals surface area contributed by atoms with Gasteiger partial charge >= 0.3 is 0 Å². The highest BCUT2D eigenvalue weighted by molar-refractivity contribution is 5.92. The molecule has 1 aromatic carbocycles. The maximum atomic E-state index is 12.2. The van der Waals surface area contributed by atoms with Crippen LogP contribution in [0.15, 0.2) is 47.4 Å². The molecule has 0 radical (unpaired) electrons. The van der Waals surface area contributed by atoms with Crippen molar-refractivity contribution in [3.8, 4) is 0 Å². The van der Waals surface area contributed by atoms with Crippen molar-refractivity contribution < 1.29 is 4.79 Å². The van der Waals surface area contributed by atoms with E-state index in [1.54, 1.807) is 19.3 Å². The Hall–Kier alpha value is -3.19. The molecule has 7 heteroatoms. The number of amides is 1. The Bertz CT molecular complexity index is 1140. The molecule has 31 heavy (non-hydrogen) atoms. The van der Waals surface area contributed by atoms with Gasteiger partial charge in [-0.15, -0.1) is 0 Å². The number of anilines is 1. The van der Waals surface area contributed by atoms with Crippen molar-refractivity contribution in [1.82, 2.24) is 20.2 Å². The molecule has 4 rings (SSSR count). The molecular weight excluding hydrogens is 390 g/mol. The lowest BCUT2D eigenvalue weighted by atomic mass is 10.1. The Morgan fingerprint density at radius 1 is 1.29 bits per heavy atom. The molecule has 1 amide bonds. The summed E-state index contributed by atoms with van der Waals surface area (Å²) in [5.74, 6) is -0.173. The molecule has 0 bridgehead atoms. The normalized spacial score (nSPS) is 16.3. The van der Waals surface area contributed by atoms with E-state index in [1.807, 2.05) is 19.1 Å². The number of carbonyl (C=O) groups is 1. The summed E-state index contributed by atoms with van der Waals surface area (Å²) in [6.45, 7) is 4.69. The van der Waals surface area contributed by atoms with E-state index < -0.39 is 0 Å². The van der Waals surface area contributed by atoms with E-state index in [0.29, 0.717) is 11.7 Å². The summed E-state index contributed by atoms with van der Waals surface area (Å²) in [4.78, 5) is 35.8. The fourth-order valence-corrected chi connectivity index (χ4v) is 4.24. The van der Waals surface area contributed by atoms with Crippen LogP contribution in [-0.4, -0.2) is 54.0 Å². The molecule has 1 fully saturated rings. The number of rotatable bonds is 6. The van der Waals surface area contributed by atoms with Gasteiger partial charge in [-0.05, 0) is 55.1 Å². The van der Waals surface area contributed by atoms with Gasteiger partial charge < -0.3 is 15.2 Å². The number of benzene rings is 1. The van der Waals surface area contributed by atoms with Crippen LogP contribution in [0.3, 0.4) is 0 Å². The first-order valence-corrected chi connectivity index (χ1v) is 10.8. The first-order valence-electron chi connectivity index (χ1n) is 10.8. The van der Waals surface area contributed by atoms with Crippen LogP contribution in [0, 0.1) is 0 Å². The molecule has 2 N–H and O–H groups in total. The van der Waals surface area contributed by atoms with Crippen LogP contribution in [0.2, 0.25) is 0 Å². The molecule has 1 atom stereocenters. The lowest BCUT2D eigenvalue weighted by Crippen LogP contribution is -2.34. The third-order valence-corrected chi connectivity index (χ3v) is 6.16. The summed E-state index contributed by atoms with van der Waals surface area (Å²) in [6.07, 6.45) is 3.58. The number of likely N-dealkylation sites (N-methyl/N-ethyl adjacent to an activating group) is 1. The molecule has 3 heterocycles. The average molecular weight is 420 g/mol. The highest BCUT2D eigenvalue weighted by Crippen LogP contribution is 2.24. The third kappa shape index (κ3) is 4.46. The van der Waals surface area contributed by atoms with Gasteiger partial charge in [0.05, 0.1) is 11.9 Å². The predicted molar refractivity (Wildman–Crippen MR) is 124 cm³/mol. The standard InChI is InChI=1S/C24H29N5O2/c1-4-17-12-18-6-5-16(11-22(18)27-23(17)30)14-28(3)20-9-10-29(15-20)19-7-8-21(26-13-19)24(31)25-2/h5-8,11-13,20H,4,9-10,14-15H2,1-3H3,(H,25,31)(H,27,30). The Balaban J connectivity index is 1.42. The van der Waals surface area contributed by atoms with Crippen molar-refractivity contribution in [2.45, 2.75) is 32.4 Å². The van der Waals surface area contributed by atoms with E-state index in [2.05, 4.69) is 50.3 Å². The minimum atomic E-state index is -0.173. The highest BCUT2D eigenvalue weighted by Gasteiger charge is 2.26. The maximum absolute atomic E-state index is 12.2. The summed E-state index contributed by atoms with van der Waals surface area (Å²) in [7, 11) is 3.75. The van der Waals surface area contributed by atoms with E-state index >= 15 is 0 Å². The van der Waals surface area contributed by atoms with Gasteiger partial charge in [-0.25, -0.2) is 4.98 Å². The number of aromatic amines is 1. The van der Waals surface area contributed by atoms with Gasteiger partial charge in [0.1, 0.15) is 5.69 Å². The Labute approximate surface area is 182 Å². The SMILES string of the molecule is CCc1cc2ccc(CN(C)C3CCN(c4ccc(C(=O)NC)nc4)C3)cc2[nH]c1=O. The Morgan fingerprint density at radius 3 is 2.84 bits per heavy atom. The summed E-state index contributed by atoms with van der Waals surface area (Å²) in [5.41, 5.74) is 4.37. The lowest BCUT2D eigenvalue weighted by molar-refractivity contribution is 0.0958. The molecule has 1 aliphatic heterocycles. The number of pyridine rings is 2. The van der Waals surface area contributed by atoms with E-state index in [1.165, 1.54) is 5.56 Å². The number of nitrogens with one attached hydrogen (secondary N) is 2. The number of aromatic nitrogens is 2. The van der Waals surface area contributed by atoms with Crippen molar-refractivity contribution in [2.24, 2.45) is 0 Å². The molecule has 2 aromatic heterocycles. The zero-order valence-electron chi connectivity index (χ0n) is 18.3. The molecule has 162 valence electrons. The molecule has 1 unspecified atom stereocenters. The topological polar surface area (TPSA) is 81.3 Å². The van der Waals surface area contributed by atoms with Gasteiger partial charge in [-0.1, -0.05) is 19.1 Å². The molecule has 0 spiro atoms. The van der Waals surface area contributed by atoms with Gasteiger partial charge in [0.15, 0.2) is 0 Å². The fraction of sp³-hybridized carbons (Fsp3) is 0.375. The average Bonchev–Trinajstić information content (AvgIpc) is 3.28. The molecule has 1 saturated heterocycles. The van der Waals surface area contributed by atoms with E-state index in [9.17, 15) is 9.59 Å². The van der Waals surface area contributed by atoms with Crippen molar-refractivity contribution in [1.29, 1.82) is 0 Å². The summed E-state index contributed by atoms with van der Waals surface area (Å²) in [5, 5.41) is 3.67. The maximum Gasteiger partial charge on any atom is 0.269 e. The van der Waals surface area contributed by atoms with Crippen molar-refractivity contribution in [3.05, 3.63) is 69.8 Å². The molecule has 7 nitrogen and oxygen atoms in total. The van der Waals surface area contributed by atoms with E-state index in [4.69, 9.17) is 0 Å². The Morgan fingerprint density at radius 2 is 2.13 bits per heavy atom. The van der Waals surface area contributed by atoms with Crippen molar-refractivity contribution in [3.63, 3.8) is 0 Å². The molecule has 3 aromatic rings. The number of nitrogens with zero attached hydrogens (tertiary/aromatic N) is 3. The minimum Gasteiger partial charge on any atom is -0.369 e. The largest absolute Gasteiger partial charge is 0.369 e. The molecule has 0 saturated carbocycles. The molecule has 0 aliphatic carbocycles. The second-order valence-electron chi connectivity index (χ2n) is 8.18. The van der Waals surface area contributed by atoms with Crippen molar-refractivity contribution in [2.75, 3.05) is 32.1 Å². The molecular formula is C24H29N5O2. The summed E-state index contributed by atoms with van der Waals surface area (Å²) >= 11 is 0. The van der Waals surface area contributed by atoms with Gasteiger partial charge in [0, 0.05) is 43.8 Å². The summed E-state index contributed by atoms with van der Waals surface area (Å²) < 4.78 is 0. The smallest absolute Gasteiger partial charge is 0.269 e. The zero-order chi connectivity index (χ0) is 22.0. The number of hydrogen-bond donors (Lipinski definition) is 2. The van der Waals surface area contributed by atoms with Crippen LogP contribution in [0.4, 0.5) is 5.69 Å². The van der Waals surface area contributed by atoms with Gasteiger partial charge in [0.2, 0.25) is 0 Å². The number of H-pyrrole nitrogens is 1. The molecule has 1 aliphatic rings. The third-order valence-electron chi connectivity index (χ3n) is 6.16. The zero-order valence-corrected chi connectivity index (χ0v) is 18.3. The second kappa shape index (κ2) is 8.89. The lowest BCUT2D eigenvalue weighted by Gasteiger charge is -2.25. The number of fused-ring (bicyclic) bond motifs is 1. The number of hydrogen-bond acceptors (Lipinski definition) is 5. The second-order valence-corrected chi connectivity index (χ2v) is 8.18. The van der Waals surface area contributed by atoms with Crippen LogP contribution in [0.5, 0.6) is 0 Å². The van der Waals surface area contributed by atoms with Gasteiger partial charge in [-0.3, -0.25) is 14.5 Å². The first kappa shape index (κ1) is 21.1. The minimum absolute atomic E-state index is 0.00276. The number of carbonyl (C=O) groups excluding carboxylic acids is 1. The van der Waals surface area contributed by atoms with Crippen molar-refractivity contribution >= 4 is 22.5 Å². The van der Waals surface area contributed by atoms with E-state index in [0.717, 1.165) is 54.6 Å².